The van der Waals surface area contributed by atoms with E-state index < -0.39 is 0 Å². The zero-order valence-corrected chi connectivity index (χ0v) is 21.7. The van der Waals surface area contributed by atoms with E-state index >= 15 is 0 Å². The van der Waals surface area contributed by atoms with Gasteiger partial charge < -0.3 is 10.6 Å². The quantitative estimate of drug-likeness (QED) is 0.303. The first-order chi connectivity index (χ1) is 17.8. The molecule has 1 aliphatic carbocycles. The summed E-state index contributed by atoms with van der Waals surface area (Å²) in [5.74, 6) is 0. The summed E-state index contributed by atoms with van der Waals surface area (Å²) in [6.07, 6.45) is 5.77. The molecule has 2 N–H and O–H groups in total. The molecule has 1 fully saturated rings. The molecule has 0 saturated heterocycles. The number of hydrogen-bond acceptors (Lipinski definition) is 7. The summed E-state index contributed by atoms with van der Waals surface area (Å²) in [6.45, 7) is 7.07. The predicted molar refractivity (Wildman–Crippen MR) is 144 cm³/mol. The molecule has 0 amide bonds. The van der Waals surface area contributed by atoms with Crippen LogP contribution in [0, 0.1) is 28.1 Å². The molecular formula is C28H27ClN8. The molecule has 37 heavy (non-hydrogen) atoms. The van der Waals surface area contributed by atoms with Crippen molar-refractivity contribution in [2.24, 2.45) is 5.41 Å². The third-order valence-electron chi connectivity index (χ3n) is 6.27. The van der Waals surface area contributed by atoms with Crippen molar-refractivity contribution in [3.63, 3.8) is 0 Å². The van der Waals surface area contributed by atoms with Crippen LogP contribution in [-0.4, -0.2) is 26.5 Å². The van der Waals surface area contributed by atoms with E-state index in [0.717, 1.165) is 29.5 Å². The number of pyridine rings is 1. The normalized spacial score (nSPS) is 14.1. The second-order valence-electron chi connectivity index (χ2n) is 10.6. The van der Waals surface area contributed by atoms with Crippen molar-refractivity contribution in [3.05, 3.63) is 76.2 Å². The van der Waals surface area contributed by atoms with Crippen molar-refractivity contribution >= 4 is 33.9 Å². The molecule has 0 aliphatic heterocycles. The minimum absolute atomic E-state index is 0.00996. The van der Waals surface area contributed by atoms with Gasteiger partial charge in [0.1, 0.15) is 11.8 Å². The molecule has 0 spiro atoms. The Labute approximate surface area is 220 Å². The summed E-state index contributed by atoms with van der Waals surface area (Å²) in [4.78, 5) is 4.64. The topological polar surface area (TPSA) is 115 Å². The van der Waals surface area contributed by atoms with Crippen molar-refractivity contribution < 1.29 is 0 Å². The lowest BCUT2D eigenvalue weighted by Gasteiger charge is -2.23. The molecule has 1 saturated carbocycles. The number of anilines is 2. The Morgan fingerprint density at radius 3 is 2.54 bits per heavy atom. The number of nitrogens with one attached hydrogen (secondary N) is 2. The van der Waals surface area contributed by atoms with E-state index in [1.807, 2.05) is 35.1 Å². The van der Waals surface area contributed by atoms with Gasteiger partial charge in [-0.1, -0.05) is 49.7 Å². The maximum atomic E-state index is 9.76. The van der Waals surface area contributed by atoms with Gasteiger partial charge in [0.05, 0.1) is 52.4 Å². The molecule has 0 unspecified atom stereocenters. The zero-order valence-electron chi connectivity index (χ0n) is 21.0. The number of halogens is 1. The first-order valence-corrected chi connectivity index (χ1v) is 12.6. The Balaban J connectivity index is 1.60. The Hall–Kier alpha value is -4.14. The SMILES string of the molecule is CC(C)(C)CNc1c(C#N)cnc2c(N[C@@H](c3ccc(C#N)cc3)c3cn(C4CC4)nn3)cc(Cl)cc12. The van der Waals surface area contributed by atoms with Crippen LogP contribution in [0.1, 0.15) is 68.1 Å². The lowest BCUT2D eigenvalue weighted by molar-refractivity contribution is 0.443. The summed E-state index contributed by atoms with van der Waals surface area (Å²) >= 11 is 6.60. The van der Waals surface area contributed by atoms with Crippen LogP contribution in [0.15, 0.2) is 48.8 Å². The molecule has 0 bridgehead atoms. The molecule has 5 rings (SSSR count). The Morgan fingerprint density at radius 1 is 1.14 bits per heavy atom. The fraction of sp³-hybridized carbons (Fsp3) is 0.321. The predicted octanol–water partition coefficient (Wildman–Crippen LogP) is 6.22. The summed E-state index contributed by atoms with van der Waals surface area (Å²) in [5, 5.41) is 36.2. The second kappa shape index (κ2) is 9.72. The molecular weight excluding hydrogens is 484 g/mol. The number of rotatable bonds is 7. The number of nitrogens with zero attached hydrogens (tertiary/aromatic N) is 6. The average Bonchev–Trinajstić information content (AvgIpc) is 3.62. The summed E-state index contributed by atoms with van der Waals surface area (Å²) in [5.41, 5.74) is 4.84. The molecule has 2 aromatic carbocycles. The van der Waals surface area contributed by atoms with Crippen LogP contribution in [-0.2, 0) is 0 Å². The Kier molecular flexibility index (Phi) is 6.45. The maximum absolute atomic E-state index is 9.76. The smallest absolute Gasteiger partial charge is 0.109 e. The van der Waals surface area contributed by atoms with Gasteiger partial charge in [0, 0.05) is 23.2 Å². The van der Waals surface area contributed by atoms with Crippen LogP contribution < -0.4 is 10.6 Å². The first-order valence-electron chi connectivity index (χ1n) is 12.2. The van der Waals surface area contributed by atoms with Crippen LogP contribution in [0.4, 0.5) is 11.4 Å². The maximum Gasteiger partial charge on any atom is 0.109 e. The average molecular weight is 511 g/mol. The molecule has 1 atom stereocenters. The van der Waals surface area contributed by atoms with Gasteiger partial charge in [0.15, 0.2) is 0 Å². The number of benzene rings is 2. The summed E-state index contributed by atoms with van der Waals surface area (Å²) in [6, 6.07) is 15.5. The largest absolute Gasteiger partial charge is 0.383 e. The fourth-order valence-corrected chi connectivity index (χ4v) is 4.40. The molecule has 2 heterocycles. The van der Waals surface area contributed by atoms with E-state index in [1.54, 1.807) is 18.3 Å². The standard InChI is InChI=1S/C28H27ClN8/c1-28(2,3)16-33-25-19(13-31)14-32-27-22(25)10-20(29)11-23(27)34-26(18-6-4-17(12-30)5-7-18)24-15-37(36-35-24)21-8-9-21/h4-7,10-11,14-15,21,26,34H,8-9,16H2,1-3H3,(H,32,33)/t26-/m0/s1. The van der Waals surface area contributed by atoms with E-state index in [9.17, 15) is 10.5 Å². The molecule has 8 nitrogen and oxygen atoms in total. The van der Waals surface area contributed by atoms with Gasteiger partial charge in [0.25, 0.3) is 0 Å². The molecule has 4 aromatic rings. The minimum atomic E-state index is -0.356. The molecule has 1 aliphatic rings. The third kappa shape index (κ3) is 5.35. The molecule has 9 heteroatoms. The van der Waals surface area contributed by atoms with Gasteiger partial charge in [-0.15, -0.1) is 5.10 Å². The highest BCUT2D eigenvalue weighted by atomic mass is 35.5. The number of hydrogen-bond donors (Lipinski definition) is 2. The van der Waals surface area contributed by atoms with Crippen molar-refractivity contribution in [2.45, 2.75) is 45.7 Å². The van der Waals surface area contributed by atoms with Crippen LogP contribution >= 0.6 is 11.6 Å². The van der Waals surface area contributed by atoms with Gasteiger partial charge in [-0.05, 0) is 48.1 Å². The van der Waals surface area contributed by atoms with Crippen molar-refractivity contribution in [3.8, 4) is 12.1 Å². The number of nitriles is 2. The van der Waals surface area contributed by atoms with Crippen LogP contribution in [0.5, 0.6) is 0 Å². The third-order valence-corrected chi connectivity index (χ3v) is 6.49. The highest BCUT2D eigenvalue weighted by Gasteiger charge is 2.27. The van der Waals surface area contributed by atoms with Gasteiger partial charge in [-0.2, -0.15) is 10.5 Å². The van der Waals surface area contributed by atoms with Gasteiger partial charge >= 0.3 is 0 Å². The number of fused-ring (bicyclic) bond motifs is 1. The van der Waals surface area contributed by atoms with Crippen LogP contribution in [0.2, 0.25) is 5.02 Å². The van der Waals surface area contributed by atoms with E-state index in [4.69, 9.17) is 11.6 Å². The molecule has 2 aromatic heterocycles. The second-order valence-corrected chi connectivity index (χ2v) is 11.0. The lowest BCUT2D eigenvalue weighted by atomic mass is 9.96. The zero-order chi connectivity index (χ0) is 26.2. The highest BCUT2D eigenvalue weighted by molar-refractivity contribution is 6.32. The van der Waals surface area contributed by atoms with E-state index in [-0.39, 0.29) is 11.5 Å². The highest BCUT2D eigenvalue weighted by Crippen LogP contribution is 2.38. The van der Waals surface area contributed by atoms with Crippen LogP contribution in [0.3, 0.4) is 0 Å². The van der Waals surface area contributed by atoms with Gasteiger partial charge in [0.2, 0.25) is 0 Å². The molecule has 0 radical (unpaired) electrons. The Bertz CT molecular complexity index is 1530. The van der Waals surface area contributed by atoms with E-state index in [0.29, 0.717) is 45.6 Å². The first kappa shape index (κ1) is 24.5. The summed E-state index contributed by atoms with van der Waals surface area (Å²) < 4.78 is 1.91. The van der Waals surface area contributed by atoms with Gasteiger partial charge in [-0.25, -0.2) is 4.68 Å². The van der Waals surface area contributed by atoms with E-state index in [2.05, 4.69) is 58.8 Å². The lowest BCUT2D eigenvalue weighted by Crippen LogP contribution is -2.20. The van der Waals surface area contributed by atoms with Crippen LogP contribution in [0.25, 0.3) is 10.9 Å². The van der Waals surface area contributed by atoms with Crippen molar-refractivity contribution in [1.82, 2.24) is 20.0 Å². The number of aromatic nitrogens is 4. The van der Waals surface area contributed by atoms with E-state index in [1.165, 1.54) is 0 Å². The molecule has 186 valence electrons. The van der Waals surface area contributed by atoms with Crippen molar-refractivity contribution in [2.75, 3.05) is 17.2 Å². The monoisotopic (exact) mass is 510 g/mol. The van der Waals surface area contributed by atoms with Gasteiger partial charge in [-0.3, -0.25) is 4.98 Å². The fourth-order valence-electron chi connectivity index (χ4n) is 4.18. The Morgan fingerprint density at radius 2 is 1.89 bits per heavy atom. The summed E-state index contributed by atoms with van der Waals surface area (Å²) in [7, 11) is 0. The van der Waals surface area contributed by atoms with Crippen molar-refractivity contribution in [1.29, 1.82) is 10.5 Å². The minimum Gasteiger partial charge on any atom is -0.383 e.